The molecule has 0 unspecified atom stereocenters. The zero-order chi connectivity index (χ0) is 12.4. The van der Waals surface area contributed by atoms with Gasteiger partial charge in [-0.15, -0.1) is 10.2 Å². The van der Waals surface area contributed by atoms with E-state index in [2.05, 4.69) is 10.2 Å². The van der Waals surface area contributed by atoms with E-state index in [0.29, 0.717) is 5.69 Å². The molecule has 0 bridgehead atoms. The van der Waals surface area contributed by atoms with Gasteiger partial charge in [-0.3, -0.25) is 4.57 Å². The van der Waals surface area contributed by atoms with Crippen LogP contribution in [0.2, 0.25) is 0 Å². The molecule has 7 nitrogen and oxygen atoms in total. The van der Waals surface area contributed by atoms with Crippen molar-refractivity contribution < 1.29 is 19.8 Å². The lowest BCUT2D eigenvalue weighted by Crippen LogP contribution is -2.07. The van der Waals surface area contributed by atoms with Gasteiger partial charge in [0.25, 0.3) is 0 Å². The molecule has 1 aromatic heterocycles. The molecule has 0 saturated carbocycles. The molecule has 0 aliphatic carbocycles. The fourth-order valence-corrected chi connectivity index (χ4v) is 1.39. The van der Waals surface area contributed by atoms with Crippen molar-refractivity contribution in [2.75, 3.05) is 0 Å². The van der Waals surface area contributed by atoms with Gasteiger partial charge in [0.1, 0.15) is 12.7 Å². The molecule has 0 fully saturated rings. The van der Waals surface area contributed by atoms with Gasteiger partial charge in [-0.1, -0.05) is 0 Å². The number of carbonyl (C=O) groups is 2. The van der Waals surface area contributed by atoms with Gasteiger partial charge in [0.15, 0.2) is 0 Å². The number of nitrogens with zero attached hydrogens (tertiary/aromatic N) is 3. The molecule has 0 spiro atoms. The van der Waals surface area contributed by atoms with E-state index in [-0.39, 0.29) is 11.1 Å². The predicted octanol–water partition coefficient (Wildman–Crippen LogP) is 0.664. The topological polar surface area (TPSA) is 105 Å². The molecule has 0 aliphatic heterocycles. The summed E-state index contributed by atoms with van der Waals surface area (Å²) in [4.78, 5) is 21.8. The maximum absolute atomic E-state index is 11.0. The van der Waals surface area contributed by atoms with Gasteiger partial charge < -0.3 is 10.2 Å². The van der Waals surface area contributed by atoms with E-state index < -0.39 is 11.9 Å². The standard InChI is InChI=1S/C10H7N3O4/c14-9(15)6-1-2-8(7(3-6)10(16)17)13-4-11-12-5-13/h1-5H,(H,14,15)(H,16,17). The Bertz CT molecular complexity index is 577. The molecule has 0 saturated heterocycles. The Morgan fingerprint density at radius 3 is 2.24 bits per heavy atom. The first-order valence-corrected chi connectivity index (χ1v) is 4.55. The number of carboxylic acids is 2. The van der Waals surface area contributed by atoms with Crippen LogP contribution in [-0.2, 0) is 0 Å². The fourth-order valence-electron chi connectivity index (χ4n) is 1.39. The summed E-state index contributed by atoms with van der Waals surface area (Å²) in [7, 11) is 0. The highest BCUT2D eigenvalue weighted by Gasteiger charge is 2.15. The smallest absolute Gasteiger partial charge is 0.337 e. The van der Waals surface area contributed by atoms with Gasteiger partial charge in [0.05, 0.1) is 16.8 Å². The molecule has 2 N–H and O–H groups in total. The van der Waals surface area contributed by atoms with Crippen LogP contribution in [0.15, 0.2) is 30.9 Å². The summed E-state index contributed by atoms with van der Waals surface area (Å²) in [6.07, 6.45) is 2.67. The molecule has 2 aromatic rings. The van der Waals surface area contributed by atoms with E-state index in [0.717, 1.165) is 6.07 Å². The highest BCUT2D eigenvalue weighted by molar-refractivity contribution is 5.96. The Labute approximate surface area is 95.0 Å². The SMILES string of the molecule is O=C(O)c1ccc(-n2cnnc2)c(C(=O)O)c1. The molecule has 0 amide bonds. The van der Waals surface area contributed by atoms with Crippen LogP contribution in [0, 0.1) is 0 Å². The first-order chi connectivity index (χ1) is 8.09. The zero-order valence-corrected chi connectivity index (χ0v) is 8.44. The van der Waals surface area contributed by atoms with Crippen LogP contribution in [-0.4, -0.2) is 36.9 Å². The third kappa shape index (κ3) is 1.98. The maximum Gasteiger partial charge on any atom is 0.337 e. The van der Waals surface area contributed by atoms with Crippen LogP contribution >= 0.6 is 0 Å². The molecule has 17 heavy (non-hydrogen) atoms. The molecular formula is C10H7N3O4. The number of aromatic carboxylic acids is 2. The van der Waals surface area contributed by atoms with E-state index in [9.17, 15) is 9.59 Å². The lowest BCUT2D eigenvalue weighted by atomic mass is 10.1. The van der Waals surface area contributed by atoms with E-state index in [1.54, 1.807) is 0 Å². The molecule has 2 rings (SSSR count). The Morgan fingerprint density at radius 1 is 1.06 bits per heavy atom. The quantitative estimate of drug-likeness (QED) is 0.806. The van der Waals surface area contributed by atoms with Crippen LogP contribution in [0.25, 0.3) is 5.69 Å². The van der Waals surface area contributed by atoms with Gasteiger partial charge >= 0.3 is 11.9 Å². The monoisotopic (exact) mass is 233 g/mol. The largest absolute Gasteiger partial charge is 0.478 e. The van der Waals surface area contributed by atoms with E-state index in [1.165, 1.54) is 29.4 Å². The Morgan fingerprint density at radius 2 is 1.71 bits per heavy atom. The maximum atomic E-state index is 11.0. The minimum Gasteiger partial charge on any atom is -0.478 e. The molecule has 0 aliphatic rings. The normalized spacial score (nSPS) is 10.1. The summed E-state index contributed by atoms with van der Waals surface area (Å²) in [6.45, 7) is 0. The van der Waals surface area contributed by atoms with Crippen molar-refractivity contribution in [2.24, 2.45) is 0 Å². The second-order valence-electron chi connectivity index (χ2n) is 3.21. The third-order valence-corrected chi connectivity index (χ3v) is 2.17. The Balaban J connectivity index is 2.61. The number of aromatic nitrogens is 3. The van der Waals surface area contributed by atoms with Crippen molar-refractivity contribution in [1.29, 1.82) is 0 Å². The molecule has 0 atom stereocenters. The fraction of sp³-hybridized carbons (Fsp3) is 0. The van der Waals surface area contributed by atoms with Gasteiger partial charge in [0, 0.05) is 0 Å². The second-order valence-corrected chi connectivity index (χ2v) is 3.21. The number of hydrogen-bond donors (Lipinski definition) is 2. The summed E-state index contributed by atoms with van der Waals surface area (Å²) < 4.78 is 1.40. The summed E-state index contributed by atoms with van der Waals surface area (Å²) in [5, 5.41) is 24.9. The van der Waals surface area contributed by atoms with E-state index >= 15 is 0 Å². The molecular weight excluding hydrogens is 226 g/mol. The zero-order valence-electron chi connectivity index (χ0n) is 8.44. The number of benzene rings is 1. The van der Waals surface area contributed by atoms with Crippen LogP contribution in [0.4, 0.5) is 0 Å². The molecule has 86 valence electrons. The van der Waals surface area contributed by atoms with Gasteiger partial charge in [-0.2, -0.15) is 0 Å². The average molecular weight is 233 g/mol. The highest BCUT2D eigenvalue weighted by Crippen LogP contribution is 2.16. The van der Waals surface area contributed by atoms with Gasteiger partial charge in [-0.25, -0.2) is 9.59 Å². The van der Waals surface area contributed by atoms with Crippen molar-refractivity contribution in [3.63, 3.8) is 0 Å². The summed E-state index contributed by atoms with van der Waals surface area (Å²) in [5.41, 5.74) is 0.108. The Hall–Kier alpha value is -2.70. The predicted molar refractivity (Wildman–Crippen MR) is 55.3 cm³/mol. The van der Waals surface area contributed by atoms with Crippen LogP contribution < -0.4 is 0 Å². The van der Waals surface area contributed by atoms with Crippen molar-refractivity contribution in [1.82, 2.24) is 14.8 Å². The van der Waals surface area contributed by atoms with Gasteiger partial charge in [-0.05, 0) is 18.2 Å². The summed E-state index contributed by atoms with van der Waals surface area (Å²) >= 11 is 0. The molecule has 0 radical (unpaired) electrons. The van der Waals surface area contributed by atoms with Crippen LogP contribution in [0.3, 0.4) is 0 Å². The minimum absolute atomic E-state index is 0.0841. The highest BCUT2D eigenvalue weighted by atomic mass is 16.4. The number of carboxylic acid groups (broad SMARTS) is 2. The van der Waals surface area contributed by atoms with Crippen LogP contribution in [0.5, 0.6) is 0 Å². The lowest BCUT2D eigenvalue weighted by molar-refractivity contribution is 0.0695. The van der Waals surface area contributed by atoms with E-state index in [4.69, 9.17) is 10.2 Å². The van der Waals surface area contributed by atoms with Crippen molar-refractivity contribution >= 4 is 11.9 Å². The third-order valence-electron chi connectivity index (χ3n) is 2.17. The minimum atomic E-state index is -1.21. The first-order valence-electron chi connectivity index (χ1n) is 4.55. The molecule has 7 heteroatoms. The van der Waals surface area contributed by atoms with Crippen molar-refractivity contribution in [2.45, 2.75) is 0 Å². The summed E-state index contributed by atoms with van der Waals surface area (Å²) in [6, 6.07) is 3.82. The van der Waals surface area contributed by atoms with Crippen molar-refractivity contribution in [3.8, 4) is 5.69 Å². The lowest BCUT2D eigenvalue weighted by Gasteiger charge is -2.06. The first kappa shape index (κ1) is 10.8. The van der Waals surface area contributed by atoms with Crippen molar-refractivity contribution in [3.05, 3.63) is 42.0 Å². The van der Waals surface area contributed by atoms with Crippen LogP contribution in [0.1, 0.15) is 20.7 Å². The van der Waals surface area contributed by atoms with E-state index in [1.807, 2.05) is 0 Å². The molecule has 1 heterocycles. The second kappa shape index (κ2) is 4.05. The summed E-state index contributed by atoms with van der Waals surface area (Å²) in [5.74, 6) is -2.39. The Kier molecular flexibility index (Phi) is 2.57. The number of hydrogen-bond acceptors (Lipinski definition) is 4. The number of rotatable bonds is 3. The average Bonchev–Trinajstić information content (AvgIpc) is 2.81. The van der Waals surface area contributed by atoms with Gasteiger partial charge in [0.2, 0.25) is 0 Å². The molecule has 1 aromatic carbocycles.